The second-order valence-corrected chi connectivity index (χ2v) is 4.64. The molecule has 0 bridgehead atoms. The first kappa shape index (κ1) is 13.4. The average Bonchev–Trinajstić information content (AvgIpc) is 2.91. The number of carbonyl (C=O) groups is 1. The Hall–Kier alpha value is -2.07. The summed E-state index contributed by atoms with van der Waals surface area (Å²) in [6, 6.07) is 11.7. The van der Waals surface area contributed by atoms with Gasteiger partial charge >= 0.3 is 5.97 Å². The molecule has 1 aromatic carbocycles. The van der Waals surface area contributed by atoms with Crippen molar-refractivity contribution in [1.29, 1.82) is 0 Å². The van der Waals surface area contributed by atoms with Crippen molar-refractivity contribution in [2.45, 2.75) is 25.4 Å². The lowest BCUT2D eigenvalue weighted by Crippen LogP contribution is -2.19. The Kier molecular flexibility index (Phi) is 4.02. The molecule has 2 aromatic rings. The molecule has 0 amide bonds. The first-order valence-corrected chi connectivity index (χ1v) is 6.21. The van der Waals surface area contributed by atoms with E-state index in [1.165, 1.54) is 0 Å². The number of aliphatic carboxylic acids is 1. The summed E-state index contributed by atoms with van der Waals surface area (Å²) in [5.74, 6) is -1.18. The molecule has 0 aliphatic rings. The zero-order chi connectivity index (χ0) is 13.8. The third kappa shape index (κ3) is 3.23. The summed E-state index contributed by atoms with van der Waals surface area (Å²) in [5.41, 5.74) is 1.97. The molecule has 0 radical (unpaired) electrons. The van der Waals surface area contributed by atoms with E-state index in [4.69, 9.17) is 5.11 Å². The topological polar surface area (TPSA) is 62.5 Å². The Labute approximate surface area is 111 Å². The molecule has 100 valence electrons. The number of aliphatic hydroxyl groups is 1. The Morgan fingerprint density at radius 3 is 2.32 bits per heavy atom. The molecule has 2 rings (SSSR count). The highest BCUT2D eigenvalue weighted by molar-refractivity contribution is 5.67. The first-order valence-electron chi connectivity index (χ1n) is 6.21. The summed E-state index contributed by atoms with van der Waals surface area (Å²) >= 11 is 0. The highest BCUT2D eigenvalue weighted by Crippen LogP contribution is 2.22. The highest BCUT2D eigenvalue weighted by atomic mass is 16.4. The van der Waals surface area contributed by atoms with Gasteiger partial charge in [0.05, 0.1) is 12.5 Å². The molecule has 0 saturated carbocycles. The van der Waals surface area contributed by atoms with Crippen LogP contribution in [-0.2, 0) is 4.79 Å². The van der Waals surface area contributed by atoms with Crippen LogP contribution in [0.5, 0.6) is 0 Å². The maximum Gasteiger partial charge on any atom is 0.305 e. The SMILES string of the molecule is CC(c1ccc(-n2cccc2)cc1)C(O)CC(=O)O. The summed E-state index contributed by atoms with van der Waals surface area (Å²) in [6.45, 7) is 1.83. The number of benzene rings is 1. The van der Waals surface area contributed by atoms with Gasteiger partial charge in [0.25, 0.3) is 0 Å². The van der Waals surface area contributed by atoms with Crippen molar-refractivity contribution in [3.05, 3.63) is 54.4 Å². The monoisotopic (exact) mass is 259 g/mol. The van der Waals surface area contributed by atoms with Crippen molar-refractivity contribution < 1.29 is 15.0 Å². The van der Waals surface area contributed by atoms with Gasteiger partial charge in [-0.2, -0.15) is 0 Å². The summed E-state index contributed by atoms with van der Waals surface area (Å²) in [4.78, 5) is 10.6. The van der Waals surface area contributed by atoms with E-state index in [1.54, 1.807) is 0 Å². The Morgan fingerprint density at radius 2 is 1.79 bits per heavy atom. The number of hydrogen-bond donors (Lipinski definition) is 2. The Bertz CT molecular complexity index is 531. The predicted molar refractivity (Wildman–Crippen MR) is 72.4 cm³/mol. The van der Waals surface area contributed by atoms with E-state index in [9.17, 15) is 9.90 Å². The predicted octanol–water partition coefficient (Wildman–Crippen LogP) is 2.42. The number of carboxylic acids is 1. The van der Waals surface area contributed by atoms with Crippen LogP contribution in [0.4, 0.5) is 0 Å². The third-order valence-corrected chi connectivity index (χ3v) is 3.28. The van der Waals surface area contributed by atoms with E-state index in [0.717, 1.165) is 11.3 Å². The second kappa shape index (κ2) is 5.71. The van der Waals surface area contributed by atoms with E-state index >= 15 is 0 Å². The van der Waals surface area contributed by atoms with Crippen LogP contribution >= 0.6 is 0 Å². The Morgan fingerprint density at radius 1 is 1.21 bits per heavy atom. The van der Waals surface area contributed by atoms with E-state index in [0.29, 0.717) is 0 Å². The standard InChI is InChI=1S/C15H17NO3/c1-11(14(17)10-15(18)19)12-4-6-13(7-5-12)16-8-2-3-9-16/h2-9,11,14,17H,10H2,1H3,(H,18,19). The molecule has 0 spiro atoms. The third-order valence-electron chi connectivity index (χ3n) is 3.28. The molecule has 1 heterocycles. The van der Waals surface area contributed by atoms with E-state index in [2.05, 4.69) is 0 Å². The first-order chi connectivity index (χ1) is 9.08. The minimum Gasteiger partial charge on any atom is -0.481 e. The number of nitrogens with zero attached hydrogens (tertiary/aromatic N) is 1. The van der Waals surface area contributed by atoms with Gasteiger partial charge in [0, 0.05) is 24.0 Å². The van der Waals surface area contributed by atoms with E-state index in [1.807, 2.05) is 60.3 Å². The number of rotatable bonds is 5. The van der Waals surface area contributed by atoms with Gasteiger partial charge in [-0.05, 0) is 29.8 Å². The Balaban J connectivity index is 2.12. The summed E-state index contributed by atoms with van der Waals surface area (Å²) in [7, 11) is 0. The average molecular weight is 259 g/mol. The van der Waals surface area contributed by atoms with Crippen molar-refractivity contribution in [2.75, 3.05) is 0 Å². The van der Waals surface area contributed by atoms with Gasteiger partial charge in [-0.15, -0.1) is 0 Å². The van der Waals surface area contributed by atoms with Crippen LogP contribution in [0.1, 0.15) is 24.8 Å². The maximum absolute atomic E-state index is 10.6. The molecule has 4 heteroatoms. The normalized spacial score (nSPS) is 14.0. The summed E-state index contributed by atoms with van der Waals surface area (Å²) in [6.07, 6.45) is 2.81. The van der Waals surface area contributed by atoms with Gasteiger partial charge in [-0.25, -0.2) is 0 Å². The lowest BCUT2D eigenvalue weighted by atomic mass is 9.93. The number of aromatic nitrogens is 1. The van der Waals surface area contributed by atoms with Crippen molar-refractivity contribution in [2.24, 2.45) is 0 Å². The van der Waals surface area contributed by atoms with Crippen molar-refractivity contribution >= 4 is 5.97 Å². The van der Waals surface area contributed by atoms with Gasteiger partial charge in [0.2, 0.25) is 0 Å². The van der Waals surface area contributed by atoms with E-state index < -0.39 is 12.1 Å². The molecule has 2 unspecified atom stereocenters. The van der Waals surface area contributed by atoms with Crippen LogP contribution in [-0.4, -0.2) is 26.9 Å². The van der Waals surface area contributed by atoms with Crippen LogP contribution in [0.3, 0.4) is 0 Å². The fraction of sp³-hybridized carbons (Fsp3) is 0.267. The number of hydrogen-bond acceptors (Lipinski definition) is 2. The molecule has 0 aliphatic carbocycles. The quantitative estimate of drug-likeness (QED) is 0.866. The van der Waals surface area contributed by atoms with Gasteiger partial charge in [0.15, 0.2) is 0 Å². The minimum absolute atomic E-state index is 0.199. The molecule has 0 fully saturated rings. The highest BCUT2D eigenvalue weighted by Gasteiger charge is 2.19. The molecular weight excluding hydrogens is 242 g/mol. The molecule has 2 atom stereocenters. The van der Waals surface area contributed by atoms with Crippen LogP contribution in [0.2, 0.25) is 0 Å². The number of aliphatic hydroxyl groups excluding tert-OH is 1. The molecule has 4 nitrogen and oxygen atoms in total. The molecule has 0 saturated heterocycles. The van der Waals surface area contributed by atoms with Gasteiger partial charge < -0.3 is 14.8 Å². The summed E-state index contributed by atoms with van der Waals surface area (Å²) in [5, 5.41) is 18.5. The van der Waals surface area contributed by atoms with Gasteiger partial charge in [0.1, 0.15) is 0 Å². The van der Waals surface area contributed by atoms with Gasteiger partial charge in [-0.1, -0.05) is 19.1 Å². The maximum atomic E-state index is 10.6. The molecule has 2 N–H and O–H groups in total. The minimum atomic E-state index is -0.983. The molecule has 19 heavy (non-hydrogen) atoms. The fourth-order valence-corrected chi connectivity index (χ4v) is 2.03. The zero-order valence-corrected chi connectivity index (χ0v) is 10.7. The second-order valence-electron chi connectivity index (χ2n) is 4.64. The van der Waals surface area contributed by atoms with Crippen molar-refractivity contribution in [3.8, 4) is 5.69 Å². The number of carboxylic acid groups (broad SMARTS) is 1. The van der Waals surface area contributed by atoms with Crippen LogP contribution in [0.25, 0.3) is 5.69 Å². The van der Waals surface area contributed by atoms with Crippen LogP contribution in [0, 0.1) is 0 Å². The molecule has 0 aliphatic heterocycles. The van der Waals surface area contributed by atoms with Crippen molar-refractivity contribution in [3.63, 3.8) is 0 Å². The zero-order valence-electron chi connectivity index (χ0n) is 10.7. The summed E-state index contributed by atoms with van der Waals surface area (Å²) < 4.78 is 1.99. The van der Waals surface area contributed by atoms with Crippen LogP contribution in [0.15, 0.2) is 48.8 Å². The smallest absolute Gasteiger partial charge is 0.305 e. The van der Waals surface area contributed by atoms with Crippen LogP contribution < -0.4 is 0 Å². The van der Waals surface area contributed by atoms with Gasteiger partial charge in [-0.3, -0.25) is 4.79 Å². The molecule has 1 aromatic heterocycles. The lowest BCUT2D eigenvalue weighted by molar-refractivity contribution is -0.139. The fourth-order valence-electron chi connectivity index (χ4n) is 2.03. The lowest BCUT2D eigenvalue weighted by Gasteiger charge is -2.18. The van der Waals surface area contributed by atoms with Crippen molar-refractivity contribution in [1.82, 2.24) is 4.57 Å². The molecular formula is C15H17NO3. The largest absolute Gasteiger partial charge is 0.481 e. The van der Waals surface area contributed by atoms with E-state index in [-0.39, 0.29) is 12.3 Å².